The molecule has 1 heterocycles. The molecule has 0 unspecified atom stereocenters. The van der Waals surface area contributed by atoms with Crippen molar-refractivity contribution in [3.05, 3.63) is 28.8 Å². The lowest BCUT2D eigenvalue weighted by atomic mass is 10.1. The van der Waals surface area contributed by atoms with Crippen molar-refractivity contribution in [2.24, 2.45) is 5.92 Å². The predicted octanol–water partition coefficient (Wildman–Crippen LogP) is 1.27. The van der Waals surface area contributed by atoms with Crippen molar-refractivity contribution in [1.29, 1.82) is 0 Å². The Morgan fingerprint density at radius 3 is 2.74 bits per heavy atom. The molecule has 1 atom stereocenters. The zero-order chi connectivity index (χ0) is 16.4. The Labute approximate surface area is 143 Å². The van der Waals surface area contributed by atoms with E-state index in [0.717, 1.165) is 37.1 Å². The third-order valence-electron chi connectivity index (χ3n) is 5.11. The van der Waals surface area contributed by atoms with E-state index in [-0.39, 0.29) is 5.91 Å². The highest BCUT2D eigenvalue weighted by Gasteiger charge is 2.30. The lowest BCUT2D eigenvalue weighted by molar-refractivity contribution is -0.892. The van der Waals surface area contributed by atoms with Gasteiger partial charge in [0.1, 0.15) is 0 Å². The van der Waals surface area contributed by atoms with Crippen LogP contribution in [0, 0.1) is 12.8 Å². The Kier molecular flexibility index (Phi) is 5.12. The highest BCUT2D eigenvalue weighted by Crippen LogP contribution is 2.32. The van der Waals surface area contributed by atoms with Gasteiger partial charge in [-0.2, -0.15) is 0 Å². The van der Waals surface area contributed by atoms with Crippen LogP contribution in [0.2, 0.25) is 5.02 Å². The van der Waals surface area contributed by atoms with Crippen LogP contribution in [0.15, 0.2) is 18.2 Å². The molecule has 1 aliphatic carbocycles. The number of piperazine rings is 1. The molecule has 2 N–H and O–H groups in total. The third-order valence-corrected chi connectivity index (χ3v) is 5.35. The Hall–Kier alpha value is -1.26. The molecule has 2 fully saturated rings. The molecule has 1 saturated heterocycles. The van der Waals surface area contributed by atoms with Crippen LogP contribution in [0.25, 0.3) is 0 Å². The van der Waals surface area contributed by atoms with Crippen molar-refractivity contribution in [2.45, 2.75) is 32.7 Å². The quantitative estimate of drug-likeness (QED) is 0.849. The first-order chi connectivity index (χ1) is 11.0. The second kappa shape index (κ2) is 7.10. The van der Waals surface area contributed by atoms with Crippen molar-refractivity contribution < 1.29 is 9.69 Å². The average molecular weight is 337 g/mol. The van der Waals surface area contributed by atoms with Crippen molar-refractivity contribution in [2.75, 3.05) is 37.6 Å². The van der Waals surface area contributed by atoms with Crippen LogP contribution in [-0.2, 0) is 4.79 Å². The SMILES string of the molecule is Cc1ccc(Cl)cc1N1CC[NH+](CC(=O)N[C@H](C)C2CC2)CC1. The largest absolute Gasteiger partial charge is 0.360 e. The topological polar surface area (TPSA) is 36.8 Å². The fourth-order valence-electron chi connectivity index (χ4n) is 3.41. The Balaban J connectivity index is 1.48. The van der Waals surface area contributed by atoms with Gasteiger partial charge in [-0.3, -0.25) is 4.79 Å². The Bertz CT molecular complexity index is 565. The summed E-state index contributed by atoms with van der Waals surface area (Å²) in [5.41, 5.74) is 2.48. The van der Waals surface area contributed by atoms with Crippen molar-refractivity contribution in [1.82, 2.24) is 5.32 Å². The van der Waals surface area contributed by atoms with Crippen molar-refractivity contribution in [3.63, 3.8) is 0 Å². The number of hydrogen-bond donors (Lipinski definition) is 2. The molecule has 1 amide bonds. The molecular weight excluding hydrogens is 310 g/mol. The van der Waals surface area contributed by atoms with Crippen LogP contribution >= 0.6 is 11.6 Å². The van der Waals surface area contributed by atoms with Gasteiger partial charge in [0.2, 0.25) is 0 Å². The number of halogens is 1. The first-order valence-electron chi connectivity index (χ1n) is 8.67. The monoisotopic (exact) mass is 336 g/mol. The molecule has 3 rings (SSSR count). The maximum Gasteiger partial charge on any atom is 0.275 e. The minimum absolute atomic E-state index is 0.201. The molecule has 0 spiro atoms. The molecule has 4 nitrogen and oxygen atoms in total. The molecule has 2 aliphatic rings. The number of aryl methyl sites for hydroxylation is 1. The fraction of sp³-hybridized carbons (Fsp3) is 0.611. The zero-order valence-electron chi connectivity index (χ0n) is 14.1. The molecule has 1 aromatic rings. The second-order valence-electron chi connectivity index (χ2n) is 7.04. The van der Waals surface area contributed by atoms with Gasteiger partial charge in [0, 0.05) is 16.8 Å². The first kappa shape index (κ1) is 16.6. The van der Waals surface area contributed by atoms with E-state index in [2.05, 4.69) is 30.1 Å². The van der Waals surface area contributed by atoms with Crippen LogP contribution in [0.3, 0.4) is 0 Å². The van der Waals surface area contributed by atoms with E-state index in [4.69, 9.17) is 11.6 Å². The molecule has 0 aromatic heterocycles. The van der Waals surface area contributed by atoms with Gasteiger partial charge >= 0.3 is 0 Å². The van der Waals surface area contributed by atoms with Gasteiger partial charge in [-0.05, 0) is 50.3 Å². The minimum atomic E-state index is 0.201. The van der Waals surface area contributed by atoms with E-state index in [0.29, 0.717) is 12.6 Å². The molecular formula is C18H27ClN3O+. The molecule has 126 valence electrons. The summed E-state index contributed by atoms with van der Waals surface area (Å²) in [4.78, 5) is 15.9. The van der Waals surface area contributed by atoms with E-state index in [9.17, 15) is 4.79 Å². The number of carbonyl (C=O) groups excluding carboxylic acids is 1. The van der Waals surface area contributed by atoms with Gasteiger partial charge in [-0.15, -0.1) is 0 Å². The summed E-state index contributed by atoms with van der Waals surface area (Å²) >= 11 is 6.13. The summed E-state index contributed by atoms with van der Waals surface area (Å²) in [6.45, 7) is 8.79. The van der Waals surface area contributed by atoms with Gasteiger partial charge in [0.05, 0.1) is 26.2 Å². The number of carbonyl (C=O) groups is 1. The number of quaternary nitrogens is 1. The van der Waals surface area contributed by atoms with Crippen LogP contribution < -0.4 is 15.1 Å². The van der Waals surface area contributed by atoms with Gasteiger partial charge < -0.3 is 15.1 Å². The Morgan fingerprint density at radius 1 is 1.39 bits per heavy atom. The van der Waals surface area contributed by atoms with Gasteiger partial charge in [0.25, 0.3) is 5.91 Å². The van der Waals surface area contributed by atoms with Gasteiger partial charge in [-0.1, -0.05) is 17.7 Å². The number of nitrogens with one attached hydrogen (secondary N) is 2. The minimum Gasteiger partial charge on any atom is -0.360 e. The molecule has 1 aromatic carbocycles. The summed E-state index contributed by atoms with van der Waals surface area (Å²) in [5, 5.41) is 3.94. The van der Waals surface area contributed by atoms with E-state index in [1.54, 1.807) is 0 Å². The maximum atomic E-state index is 12.1. The average Bonchev–Trinajstić information content (AvgIpc) is 3.35. The summed E-state index contributed by atoms with van der Waals surface area (Å²) in [7, 11) is 0. The molecule has 1 aliphatic heterocycles. The fourth-order valence-corrected chi connectivity index (χ4v) is 3.58. The molecule has 1 saturated carbocycles. The van der Waals surface area contributed by atoms with E-state index < -0.39 is 0 Å². The van der Waals surface area contributed by atoms with Crippen LogP contribution in [0.4, 0.5) is 5.69 Å². The van der Waals surface area contributed by atoms with Gasteiger partial charge in [-0.25, -0.2) is 0 Å². The molecule has 0 radical (unpaired) electrons. The number of benzene rings is 1. The smallest absolute Gasteiger partial charge is 0.275 e. The summed E-state index contributed by atoms with van der Waals surface area (Å²) in [6, 6.07) is 6.40. The molecule has 23 heavy (non-hydrogen) atoms. The van der Waals surface area contributed by atoms with Crippen LogP contribution in [0.1, 0.15) is 25.3 Å². The number of rotatable bonds is 5. The highest BCUT2D eigenvalue weighted by molar-refractivity contribution is 6.30. The summed E-state index contributed by atoms with van der Waals surface area (Å²) < 4.78 is 0. The highest BCUT2D eigenvalue weighted by atomic mass is 35.5. The standard InChI is InChI=1S/C18H26ClN3O/c1-13-3-6-16(19)11-17(13)22-9-7-21(8-10-22)12-18(23)20-14(2)15-4-5-15/h3,6,11,14-15H,4-5,7-10,12H2,1-2H3,(H,20,23)/p+1/t14-/m1/s1. The normalized spacial score (nSPS) is 20.4. The second-order valence-corrected chi connectivity index (χ2v) is 7.47. The number of anilines is 1. The number of hydrogen-bond acceptors (Lipinski definition) is 2. The first-order valence-corrected chi connectivity index (χ1v) is 9.05. The summed E-state index contributed by atoms with van der Waals surface area (Å²) in [6.07, 6.45) is 2.54. The summed E-state index contributed by atoms with van der Waals surface area (Å²) in [5.74, 6) is 0.920. The Morgan fingerprint density at radius 2 is 2.09 bits per heavy atom. The van der Waals surface area contributed by atoms with Crippen molar-refractivity contribution in [3.8, 4) is 0 Å². The number of nitrogens with zero attached hydrogens (tertiary/aromatic N) is 1. The third kappa shape index (κ3) is 4.39. The lowest BCUT2D eigenvalue weighted by Crippen LogP contribution is -3.16. The lowest BCUT2D eigenvalue weighted by Gasteiger charge is -2.34. The maximum absolute atomic E-state index is 12.1. The number of amides is 1. The predicted molar refractivity (Wildman–Crippen MR) is 94.3 cm³/mol. The van der Waals surface area contributed by atoms with E-state index in [1.807, 2.05) is 12.1 Å². The molecule has 5 heteroatoms. The van der Waals surface area contributed by atoms with Crippen LogP contribution in [-0.4, -0.2) is 44.7 Å². The molecule has 0 bridgehead atoms. The van der Waals surface area contributed by atoms with Crippen molar-refractivity contribution >= 4 is 23.2 Å². The van der Waals surface area contributed by atoms with Gasteiger partial charge in [0.15, 0.2) is 6.54 Å². The van der Waals surface area contributed by atoms with E-state index >= 15 is 0 Å². The van der Waals surface area contributed by atoms with Crippen LogP contribution in [0.5, 0.6) is 0 Å². The zero-order valence-corrected chi connectivity index (χ0v) is 14.8. The van der Waals surface area contributed by atoms with E-state index in [1.165, 1.54) is 29.0 Å².